The molecule has 4 N–H and O–H groups in total. The lowest BCUT2D eigenvalue weighted by Gasteiger charge is -2.14. The Morgan fingerprint density at radius 1 is 0.913 bits per heavy atom. The minimum absolute atomic E-state index is 0.189. The van der Waals surface area contributed by atoms with Crippen LogP contribution in [-0.4, -0.2) is 9.97 Å². The third-order valence-electron chi connectivity index (χ3n) is 3.60. The second kappa shape index (κ2) is 5.12. The molecule has 3 aromatic rings. The fourth-order valence-electron chi connectivity index (χ4n) is 2.43. The van der Waals surface area contributed by atoms with Crippen molar-refractivity contribution < 1.29 is 13.2 Å². The molecule has 0 radical (unpaired) electrons. The minimum Gasteiger partial charge on any atom is -0.396 e. The van der Waals surface area contributed by atoms with Crippen molar-refractivity contribution in [2.24, 2.45) is 0 Å². The molecule has 0 bridgehead atoms. The van der Waals surface area contributed by atoms with Crippen LogP contribution < -0.4 is 11.5 Å². The van der Waals surface area contributed by atoms with Crippen LogP contribution in [0.2, 0.25) is 0 Å². The summed E-state index contributed by atoms with van der Waals surface area (Å²) in [6.45, 7) is 1.48. The molecule has 1 aromatic carbocycles. The van der Waals surface area contributed by atoms with Gasteiger partial charge in [-0.15, -0.1) is 0 Å². The van der Waals surface area contributed by atoms with Crippen molar-refractivity contribution in [3.8, 4) is 11.3 Å². The van der Waals surface area contributed by atoms with Crippen LogP contribution in [0.25, 0.3) is 22.2 Å². The Kier molecular flexibility index (Phi) is 3.35. The summed E-state index contributed by atoms with van der Waals surface area (Å²) in [7, 11) is 0. The standard InChI is InChI=1S/C16H13F3N4/c1-8-9(6-7-12(22-8)16(17,18)19)15-14(21)13(20)10-4-2-3-5-11(10)23-15/h2-7H,21H2,1H3,(H2,20,23). The third kappa shape index (κ3) is 2.54. The number of hydrogen-bond acceptors (Lipinski definition) is 4. The van der Waals surface area contributed by atoms with Gasteiger partial charge in [0.05, 0.1) is 22.6 Å². The number of nitrogens with two attached hydrogens (primary N) is 2. The predicted octanol–water partition coefficient (Wildman–Crippen LogP) is 3.79. The molecule has 0 amide bonds. The smallest absolute Gasteiger partial charge is 0.396 e. The molecule has 0 spiro atoms. The van der Waals surface area contributed by atoms with E-state index in [-0.39, 0.29) is 11.4 Å². The van der Waals surface area contributed by atoms with E-state index in [1.54, 1.807) is 18.2 Å². The number of nitrogens with zero attached hydrogens (tertiary/aromatic N) is 2. The Bertz CT molecular complexity index is 904. The Hall–Kier alpha value is -2.83. The molecular weight excluding hydrogens is 305 g/mol. The molecule has 0 unspecified atom stereocenters. The normalized spacial score (nSPS) is 11.8. The lowest BCUT2D eigenvalue weighted by atomic mass is 10.0. The van der Waals surface area contributed by atoms with Crippen LogP contribution in [0.4, 0.5) is 24.5 Å². The van der Waals surface area contributed by atoms with Crippen LogP contribution in [0.3, 0.4) is 0 Å². The van der Waals surface area contributed by atoms with E-state index in [1.165, 1.54) is 13.0 Å². The van der Waals surface area contributed by atoms with E-state index in [0.717, 1.165) is 6.07 Å². The topological polar surface area (TPSA) is 77.8 Å². The Balaban J connectivity index is 2.23. The van der Waals surface area contributed by atoms with Gasteiger partial charge in [-0.2, -0.15) is 13.2 Å². The number of benzene rings is 1. The quantitative estimate of drug-likeness (QED) is 0.715. The van der Waals surface area contributed by atoms with E-state index in [9.17, 15) is 13.2 Å². The van der Waals surface area contributed by atoms with Gasteiger partial charge in [-0.25, -0.2) is 9.97 Å². The number of rotatable bonds is 1. The Morgan fingerprint density at radius 2 is 1.61 bits per heavy atom. The number of nitrogen functional groups attached to an aromatic ring is 2. The van der Waals surface area contributed by atoms with E-state index in [2.05, 4.69) is 9.97 Å². The first-order valence-electron chi connectivity index (χ1n) is 6.78. The maximum absolute atomic E-state index is 12.7. The fourth-order valence-corrected chi connectivity index (χ4v) is 2.43. The van der Waals surface area contributed by atoms with Gasteiger partial charge in [-0.05, 0) is 25.1 Å². The van der Waals surface area contributed by atoms with E-state index < -0.39 is 11.9 Å². The maximum atomic E-state index is 12.7. The molecule has 0 fully saturated rings. The number of fused-ring (bicyclic) bond motifs is 1. The van der Waals surface area contributed by atoms with Gasteiger partial charge in [0.15, 0.2) is 0 Å². The summed E-state index contributed by atoms with van der Waals surface area (Å²) in [6, 6.07) is 9.39. The minimum atomic E-state index is -4.50. The van der Waals surface area contributed by atoms with Crippen molar-refractivity contribution in [1.29, 1.82) is 0 Å². The van der Waals surface area contributed by atoms with Gasteiger partial charge in [0, 0.05) is 16.6 Å². The highest BCUT2D eigenvalue weighted by atomic mass is 19.4. The molecule has 0 saturated heterocycles. The highest BCUT2D eigenvalue weighted by molar-refractivity contribution is 6.01. The summed E-state index contributed by atoms with van der Waals surface area (Å²) in [5.74, 6) is 0. The molecule has 7 heteroatoms. The molecule has 4 nitrogen and oxygen atoms in total. The molecule has 0 saturated carbocycles. The summed E-state index contributed by atoms with van der Waals surface area (Å²) in [6.07, 6.45) is -4.50. The monoisotopic (exact) mass is 318 g/mol. The lowest BCUT2D eigenvalue weighted by molar-refractivity contribution is -0.141. The van der Waals surface area contributed by atoms with Gasteiger partial charge in [0.1, 0.15) is 5.69 Å². The maximum Gasteiger partial charge on any atom is 0.433 e. The third-order valence-corrected chi connectivity index (χ3v) is 3.60. The molecule has 23 heavy (non-hydrogen) atoms. The van der Waals surface area contributed by atoms with E-state index in [1.807, 2.05) is 6.07 Å². The predicted molar refractivity (Wildman–Crippen MR) is 83.5 cm³/mol. The van der Waals surface area contributed by atoms with Crippen molar-refractivity contribution in [2.75, 3.05) is 11.5 Å². The van der Waals surface area contributed by atoms with Gasteiger partial charge in [-0.3, -0.25) is 0 Å². The first-order valence-corrected chi connectivity index (χ1v) is 6.78. The number of halogens is 3. The number of anilines is 2. The summed E-state index contributed by atoms with van der Waals surface area (Å²) in [5, 5.41) is 0.700. The molecule has 0 aliphatic rings. The SMILES string of the molecule is Cc1nc(C(F)(F)F)ccc1-c1nc2ccccc2c(N)c1N. The first kappa shape index (κ1) is 15.1. The highest BCUT2D eigenvalue weighted by Crippen LogP contribution is 2.36. The molecule has 0 aliphatic carbocycles. The van der Waals surface area contributed by atoms with Crippen LogP contribution in [0.5, 0.6) is 0 Å². The van der Waals surface area contributed by atoms with Crippen molar-refractivity contribution in [2.45, 2.75) is 13.1 Å². The number of aryl methyl sites for hydroxylation is 1. The summed E-state index contributed by atoms with van der Waals surface area (Å²) in [5.41, 5.74) is 13.3. The zero-order valence-corrected chi connectivity index (χ0v) is 12.1. The largest absolute Gasteiger partial charge is 0.433 e. The number of pyridine rings is 2. The van der Waals surface area contributed by atoms with Crippen molar-refractivity contribution in [3.63, 3.8) is 0 Å². The number of hydrogen-bond donors (Lipinski definition) is 2. The van der Waals surface area contributed by atoms with Crippen LogP contribution in [0.15, 0.2) is 36.4 Å². The van der Waals surface area contributed by atoms with Gasteiger partial charge < -0.3 is 11.5 Å². The van der Waals surface area contributed by atoms with Crippen molar-refractivity contribution >= 4 is 22.3 Å². The summed E-state index contributed by atoms with van der Waals surface area (Å²) >= 11 is 0. The van der Waals surface area contributed by atoms with Gasteiger partial charge in [0.25, 0.3) is 0 Å². The molecule has 2 aromatic heterocycles. The van der Waals surface area contributed by atoms with Gasteiger partial charge in [-0.1, -0.05) is 18.2 Å². The van der Waals surface area contributed by atoms with Crippen LogP contribution in [0.1, 0.15) is 11.4 Å². The van der Waals surface area contributed by atoms with E-state index in [4.69, 9.17) is 11.5 Å². The molecular formula is C16H13F3N4. The van der Waals surface area contributed by atoms with Crippen LogP contribution in [-0.2, 0) is 6.18 Å². The first-order chi connectivity index (χ1) is 10.8. The van der Waals surface area contributed by atoms with Crippen LogP contribution in [0, 0.1) is 6.92 Å². The van der Waals surface area contributed by atoms with Crippen molar-refractivity contribution in [1.82, 2.24) is 9.97 Å². The lowest BCUT2D eigenvalue weighted by Crippen LogP contribution is -2.09. The van der Waals surface area contributed by atoms with E-state index in [0.29, 0.717) is 27.8 Å². The second-order valence-electron chi connectivity index (χ2n) is 5.13. The van der Waals surface area contributed by atoms with Crippen molar-refractivity contribution in [3.05, 3.63) is 47.8 Å². The molecule has 2 heterocycles. The molecule has 0 atom stereocenters. The number of alkyl halides is 3. The summed E-state index contributed by atoms with van der Waals surface area (Å²) in [4.78, 5) is 8.04. The molecule has 3 rings (SSSR count). The average Bonchev–Trinajstić information content (AvgIpc) is 2.50. The zero-order chi connectivity index (χ0) is 16.8. The Labute approximate surface area is 130 Å². The molecule has 118 valence electrons. The van der Waals surface area contributed by atoms with Gasteiger partial charge >= 0.3 is 6.18 Å². The van der Waals surface area contributed by atoms with Crippen LogP contribution >= 0.6 is 0 Å². The zero-order valence-electron chi connectivity index (χ0n) is 12.1. The van der Waals surface area contributed by atoms with E-state index >= 15 is 0 Å². The van der Waals surface area contributed by atoms with Gasteiger partial charge in [0.2, 0.25) is 0 Å². The average molecular weight is 318 g/mol. The molecule has 0 aliphatic heterocycles. The summed E-state index contributed by atoms with van der Waals surface area (Å²) < 4.78 is 38.2. The highest BCUT2D eigenvalue weighted by Gasteiger charge is 2.33. The number of para-hydroxylation sites is 1. The number of aromatic nitrogens is 2. The Morgan fingerprint density at radius 3 is 2.26 bits per heavy atom. The fraction of sp³-hybridized carbons (Fsp3) is 0.125. The second-order valence-corrected chi connectivity index (χ2v) is 5.13.